The molecule has 2 bridgehead atoms. The van der Waals surface area contributed by atoms with Crippen LogP contribution in [0.25, 0.3) is 11.0 Å². The number of fused-ring (bicyclic) bond motifs is 3. The third-order valence-corrected chi connectivity index (χ3v) is 7.71. The Kier molecular flexibility index (Phi) is 3.71. The largest absolute Gasteiger partial charge is 0.432 e. The molecule has 7 rings (SSSR count). The van der Waals surface area contributed by atoms with E-state index in [2.05, 4.69) is 16.5 Å². The minimum Gasteiger partial charge on any atom is -0.432 e. The molecule has 0 N–H and O–H groups in total. The maximum absolute atomic E-state index is 13.2. The molecular weight excluding hydrogens is 372 g/mol. The van der Waals surface area contributed by atoms with E-state index >= 15 is 0 Å². The number of aromatic nitrogens is 2. The van der Waals surface area contributed by atoms with Crippen LogP contribution in [-0.2, 0) is 30.6 Å². The van der Waals surface area contributed by atoms with E-state index in [1.54, 1.807) is 0 Å². The van der Waals surface area contributed by atoms with E-state index in [0.717, 1.165) is 36.7 Å². The number of imidazole rings is 1. The van der Waals surface area contributed by atoms with Gasteiger partial charge in [0.2, 0.25) is 12.1 Å². The lowest BCUT2D eigenvalue weighted by Gasteiger charge is -2.58. The summed E-state index contributed by atoms with van der Waals surface area (Å²) in [5.74, 6) is -0.701. The van der Waals surface area contributed by atoms with Crippen LogP contribution in [0.4, 0.5) is 0 Å². The van der Waals surface area contributed by atoms with E-state index in [-0.39, 0.29) is 23.7 Å². The minimum atomic E-state index is -0.856. The first kappa shape index (κ1) is 17.9. The van der Waals surface area contributed by atoms with Crippen molar-refractivity contribution in [3.05, 3.63) is 30.6 Å². The number of para-hydroxylation sites is 2. The van der Waals surface area contributed by atoms with Gasteiger partial charge in [0.15, 0.2) is 5.60 Å². The van der Waals surface area contributed by atoms with Gasteiger partial charge in [-0.05, 0) is 44.2 Å². The molecule has 7 atom stereocenters. The number of ether oxygens (including phenoxy) is 2. The van der Waals surface area contributed by atoms with E-state index in [1.807, 2.05) is 37.5 Å². The predicted octanol–water partition coefficient (Wildman–Crippen LogP) is 3.42. The maximum Gasteiger partial charge on any atom is 0.313 e. The molecule has 2 aromatic rings. The molecule has 4 aliphatic heterocycles. The van der Waals surface area contributed by atoms with Crippen molar-refractivity contribution in [3.8, 4) is 0 Å². The molecule has 7 heteroatoms. The quantitative estimate of drug-likeness (QED) is 0.570. The Balaban J connectivity index is 1.41. The minimum absolute atomic E-state index is 0.0150. The highest BCUT2D eigenvalue weighted by molar-refractivity contribution is 5.77. The second-order valence-corrected chi connectivity index (χ2v) is 9.34. The summed E-state index contributed by atoms with van der Waals surface area (Å²) < 4.78 is 14.2. The van der Waals surface area contributed by atoms with Crippen molar-refractivity contribution >= 4 is 17.0 Å². The summed E-state index contributed by atoms with van der Waals surface area (Å²) in [5, 5.41) is 0. The zero-order valence-corrected chi connectivity index (χ0v) is 16.7. The lowest BCUT2D eigenvalue weighted by Crippen LogP contribution is -2.70. The second-order valence-electron chi connectivity index (χ2n) is 9.34. The van der Waals surface area contributed by atoms with Crippen molar-refractivity contribution in [2.75, 3.05) is 0 Å². The highest BCUT2D eigenvalue weighted by Gasteiger charge is 2.70. The first-order valence-corrected chi connectivity index (χ1v) is 10.7. The van der Waals surface area contributed by atoms with E-state index in [0.29, 0.717) is 12.5 Å². The Morgan fingerprint density at radius 3 is 2.93 bits per heavy atom. The highest BCUT2D eigenvalue weighted by atomic mass is 17.3. The van der Waals surface area contributed by atoms with Gasteiger partial charge >= 0.3 is 5.97 Å². The summed E-state index contributed by atoms with van der Waals surface area (Å²) in [6, 6.07) is 7.98. The zero-order valence-electron chi connectivity index (χ0n) is 16.7. The maximum atomic E-state index is 13.2. The van der Waals surface area contributed by atoms with Gasteiger partial charge in [0.1, 0.15) is 0 Å². The number of nitrogens with zero attached hydrogens (tertiary/aromatic N) is 2. The summed E-state index contributed by atoms with van der Waals surface area (Å²) in [4.78, 5) is 29.6. The van der Waals surface area contributed by atoms with Gasteiger partial charge in [-0.3, -0.25) is 4.79 Å². The van der Waals surface area contributed by atoms with Crippen LogP contribution in [-0.4, -0.2) is 33.2 Å². The van der Waals surface area contributed by atoms with E-state index in [9.17, 15) is 4.79 Å². The Hall–Kier alpha value is -1.96. The van der Waals surface area contributed by atoms with E-state index in [1.165, 1.54) is 0 Å². The van der Waals surface area contributed by atoms with Crippen LogP contribution in [0.2, 0.25) is 0 Å². The second kappa shape index (κ2) is 6.03. The standard InChI is InChI=1S/C22H26N2O5/c1-13-7-8-16-14(11-24-12-23-17-5-3-4-6-18(17)24)19(25)26-20-22(16)15(13)9-10-21(2,27-20)28-29-22/h3-6,12-16,20H,7-11H2,1-2H3/t13-,14-,15+,16+,20-,21-,22-/m1/s1. The van der Waals surface area contributed by atoms with Crippen molar-refractivity contribution in [1.82, 2.24) is 9.55 Å². The lowest BCUT2D eigenvalue weighted by atomic mass is 9.58. The smallest absolute Gasteiger partial charge is 0.313 e. The summed E-state index contributed by atoms with van der Waals surface area (Å²) in [6.45, 7) is 4.65. The topological polar surface area (TPSA) is 71.8 Å². The van der Waals surface area contributed by atoms with Crippen molar-refractivity contribution in [2.45, 2.75) is 63.8 Å². The van der Waals surface area contributed by atoms with Crippen molar-refractivity contribution in [1.29, 1.82) is 0 Å². The number of carbonyl (C=O) groups excluding carboxylic acids is 1. The van der Waals surface area contributed by atoms with Gasteiger partial charge in [0, 0.05) is 24.8 Å². The number of esters is 1. The van der Waals surface area contributed by atoms with Crippen LogP contribution < -0.4 is 0 Å². The number of rotatable bonds is 2. The first-order valence-electron chi connectivity index (χ1n) is 10.7. The predicted molar refractivity (Wildman–Crippen MR) is 102 cm³/mol. The van der Waals surface area contributed by atoms with Gasteiger partial charge < -0.3 is 14.0 Å². The van der Waals surface area contributed by atoms with Gasteiger partial charge in [-0.25, -0.2) is 14.8 Å². The molecule has 1 aromatic heterocycles. The molecule has 1 saturated carbocycles. The average Bonchev–Trinajstić information content (AvgIpc) is 2.98. The molecule has 154 valence electrons. The molecule has 7 nitrogen and oxygen atoms in total. The number of benzene rings is 1. The van der Waals surface area contributed by atoms with Crippen LogP contribution in [0.1, 0.15) is 39.5 Å². The molecule has 0 unspecified atom stereocenters. The summed E-state index contributed by atoms with van der Waals surface area (Å²) in [7, 11) is 0. The fourth-order valence-electron chi connectivity index (χ4n) is 6.19. The first-order chi connectivity index (χ1) is 14.0. The van der Waals surface area contributed by atoms with Crippen LogP contribution in [0.5, 0.6) is 0 Å². The summed E-state index contributed by atoms with van der Waals surface area (Å²) in [5.41, 5.74) is 1.21. The third kappa shape index (κ3) is 2.41. The lowest BCUT2D eigenvalue weighted by molar-refractivity contribution is -0.559. The van der Waals surface area contributed by atoms with Gasteiger partial charge in [-0.15, -0.1) is 0 Å². The van der Waals surface area contributed by atoms with Crippen LogP contribution in [0.3, 0.4) is 0 Å². The third-order valence-electron chi connectivity index (χ3n) is 7.71. The Morgan fingerprint density at radius 2 is 2.03 bits per heavy atom. The van der Waals surface area contributed by atoms with Gasteiger partial charge in [-0.2, -0.15) is 0 Å². The van der Waals surface area contributed by atoms with Crippen molar-refractivity contribution in [2.24, 2.45) is 23.7 Å². The molecule has 1 spiro atoms. The Labute approximate surface area is 169 Å². The fourth-order valence-corrected chi connectivity index (χ4v) is 6.19. The van der Waals surface area contributed by atoms with Crippen LogP contribution in [0, 0.1) is 23.7 Å². The van der Waals surface area contributed by atoms with Crippen molar-refractivity contribution < 1.29 is 24.0 Å². The molecule has 0 radical (unpaired) electrons. The normalized spacial score (nSPS) is 43.7. The Morgan fingerprint density at radius 1 is 1.17 bits per heavy atom. The molecule has 29 heavy (non-hydrogen) atoms. The molecule has 5 fully saturated rings. The van der Waals surface area contributed by atoms with Crippen LogP contribution in [0.15, 0.2) is 30.6 Å². The van der Waals surface area contributed by atoms with Crippen molar-refractivity contribution in [3.63, 3.8) is 0 Å². The molecule has 1 aromatic carbocycles. The summed E-state index contributed by atoms with van der Waals surface area (Å²) >= 11 is 0. The SMILES string of the molecule is C[C@@H]1CC[C@H]2[C@@H](Cn3cnc4ccccc43)C(=O)O[C@@H]3O[C@@]4(C)CC[C@@H]1[C@]32OO4. The molecule has 5 aliphatic rings. The van der Waals surface area contributed by atoms with Gasteiger partial charge in [0.05, 0.1) is 23.3 Å². The van der Waals surface area contributed by atoms with Gasteiger partial charge in [-0.1, -0.05) is 19.1 Å². The molecule has 1 aliphatic carbocycles. The zero-order chi connectivity index (χ0) is 19.8. The molecule has 4 saturated heterocycles. The van der Waals surface area contributed by atoms with Gasteiger partial charge in [0.25, 0.3) is 0 Å². The molecule has 0 amide bonds. The summed E-state index contributed by atoms with van der Waals surface area (Å²) in [6.07, 6.45) is 4.75. The van der Waals surface area contributed by atoms with E-state index in [4.69, 9.17) is 19.2 Å². The fraction of sp³-hybridized carbons (Fsp3) is 0.636. The molecule has 5 heterocycles. The highest BCUT2D eigenvalue weighted by Crippen LogP contribution is 2.60. The Bertz CT molecular complexity index is 975. The van der Waals surface area contributed by atoms with Crippen LogP contribution >= 0.6 is 0 Å². The number of carbonyl (C=O) groups is 1. The number of hydrogen-bond donors (Lipinski definition) is 0. The molecular formula is C22H26N2O5. The average molecular weight is 398 g/mol. The van der Waals surface area contributed by atoms with E-state index < -0.39 is 17.7 Å². The number of hydrogen-bond acceptors (Lipinski definition) is 6. The monoisotopic (exact) mass is 398 g/mol.